The van der Waals surface area contributed by atoms with Crippen LogP contribution in [0.2, 0.25) is 0 Å². The number of carbonyl (C=O) groups excluding carboxylic acids is 4. The molecular weight excluding hydrogens is 498 g/mol. The number of benzene rings is 2. The second-order valence-corrected chi connectivity index (χ2v) is 9.17. The standard InChI is InChI=1S/C18H13NO7S.C8H10.CH2O/c20-6-13-11(8-27-18-16(25-9-21)17(23)19(13)18)7-24-12-3-1-10-2-4-15(22)26-14(10)5-12;1-7-3-5-8(2)6-4-7;1-2/h1-6,9,16,18H,7-8H2;3-6H,1-2H3;1H2/t16-,18+;;/m0../s1. The molecule has 0 bridgehead atoms. The summed E-state index contributed by atoms with van der Waals surface area (Å²) in [6, 6.07) is 16.6. The van der Waals surface area contributed by atoms with E-state index in [0.29, 0.717) is 28.9 Å². The lowest BCUT2D eigenvalue weighted by atomic mass is 10.1. The molecule has 0 radical (unpaired) electrons. The second kappa shape index (κ2) is 12.7. The molecule has 1 saturated heterocycles. The van der Waals surface area contributed by atoms with E-state index in [-0.39, 0.29) is 24.2 Å². The van der Waals surface area contributed by atoms with Crippen molar-refractivity contribution >= 4 is 48.2 Å². The van der Waals surface area contributed by atoms with Gasteiger partial charge in [-0.2, -0.15) is 0 Å². The summed E-state index contributed by atoms with van der Waals surface area (Å²) in [5.74, 6) is 0.509. The number of aldehydes is 1. The molecule has 0 spiro atoms. The topological polar surface area (TPSA) is 120 Å². The van der Waals surface area contributed by atoms with Crippen molar-refractivity contribution in [2.75, 3.05) is 12.4 Å². The third-order valence-electron chi connectivity index (χ3n) is 5.58. The summed E-state index contributed by atoms with van der Waals surface area (Å²) < 4.78 is 15.6. The summed E-state index contributed by atoms with van der Waals surface area (Å²) in [5, 5.41) is 0.375. The Morgan fingerprint density at radius 1 is 1.03 bits per heavy atom. The van der Waals surface area contributed by atoms with E-state index in [2.05, 4.69) is 38.1 Å². The Kier molecular flexibility index (Phi) is 9.39. The maximum absolute atomic E-state index is 12.1. The van der Waals surface area contributed by atoms with Crippen molar-refractivity contribution in [3.05, 3.63) is 87.4 Å². The lowest BCUT2D eigenvalue weighted by Crippen LogP contribution is -2.65. The van der Waals surface area contributed by atoms with Gasteiger partial charge in [0.25, 0.3) is 12.4 Å². The first-order valence-electron chi connectivity index (χ1n) is 11.1. The fourth-order valence-corrected chi connectivity index (χ4v) is 4.99. The summed E-state index contributed by atoms with van der Waals surface area (Å²) in [7, 11) is 0. The molecule has 0 unspecified atom stereocenters. The molecule has 2 atom stereocenters. The number of fused-ring (bicyclic) bond motifs is 2. The molecule has 2 aliphatic rings. The van der Waals surface area contributed by atoms with E-state index < -0.39 is 17.6 Å². The quantitative estimate of drug-likeness (QED) is 0.272. The average molecular weight is 524 g/mol. The molecular formula is C27H25NO8S. The molecule has 2 aliphatic heterocycles. The van der Waals surface area contributed by atoms with Gasteiger partial charge < -0.3 is 18.7 Å². The molecule has 5 rings (SSSR count). The van der Waals surface area contributed by atoms with Gasteiger partial charge in [-0.05, 0) is 32.0 Å². The highest BCUT2D eigenvalue weighted by atomic mass is 32.2. The number of allylic oxidation sites excluding steroid dienone is 1. The Bertz CT molecular complexity index is 1340. The highest BCUT2D eigenvalue weighted by Crippen LogP contribution is 2.40. The number of ether oxygens (including phenoxy) is 2. The van der Waals surface area contributed by atoms with E-state index in [1.165, 1.54) is 33.9 Å². The Morgan fingerprint density at radius 2 is 1.68 bits per heavy atom. The number of amides is 1. The molecule has 3 heterocycles. The zero-order valence-electron chi connectivity index (χ0n) is 20.2. The summed E-state index contributed by atoms with van der Waals surface area (Å²) in [6.45, 7) is 6.53. The molecule has 37 heavy (non-hydrogen) atoms. The fraction of sp³-hybridized carbons (Fsp3) is 0.222. The SMILES string of the molecule is C=O.Cc1ccc(C)cc1.O=CO[C@H]1C(=O)N2C(C=O)=C(COc3ccc4ccc(=O)oc4c3)CS[C@H]12. The number of hydrogen-bond donors (Lipinski definition) is 0. The van der Waals surface area contributed by atoms with E-state index >= 15 is 0 Å². The first-order chi connectivity index (χ1) is 17.9. The Morgan fingerprint density at radius 3 is 2.30 bits per heavy atom. The minimum atomic E-state index is -0.853. The van der Waals surface area contributed by atoms with Gasteiger partial charge in [0.2, 0.25) is 6.10 Å². The molecule has 1 aromatic heterocycles. The van der Waals surface area contributed by atoms with Crippen molar-refractivity contribution in [1.29, 1.82) is 0 Å². The van der Waals surface area contributed by atoms with Crippen molar-refractivity contribution in [3.63, 3.8) is 0 Å². The van der Waals surface area contributed by atoms with Crippen molar-refractivity contribution in [2.24, 2.45) is 0 Å². The predicted octanol–water partition coefficient (Wildman–Crippen LogP) is 3.20. The average Bonchev–Trinajstić information content (AvgIpc) is 2.92. The fourth-order valence-electron chi connectivity index (χ4n) is 3.66. The number of thioether (sulfide) groups is 1. The van der Waals surface area contributed by atoms with Crippen LogP contribution in [0.15, 0.2) is 75.1 Å². The third kappa shape index (κ3) is 6.34. The van der Waals surface area contributed by atoms with Gasteiger partial charge in [-0.15, -0.1) is 11.8 Å². The van der Waals surface area contributed by atoms with Crippen LogP contribution in [-0.2, 0) is 23.9 Å². The zero-order chi connectivity index (χ0) is 26.9. The predicted molar refractivity (Wildman–Crippen MR) is 138 cm³/mol. The van der Waals surface area contributed by atoms with Gasteiger partial charge in [-0.3, -0.25) is 19.3 Å². The summed E-state index contributed by atoms with van der Waals surface area (Å²) in [4.78, 5) is 54.8. The number of rotatable bonds is 6. The molecule has 0 N–H and O–H groups in total. The van der Waals surface area contributed by atoms with Crippen molar-refractivity contribution in [3.8, 4) is 5.75 Å². The minimum absolute atomic E-state index is 0.0966. The molecule has 1 amide bonds. The van der Waals surface area contributed by atoms with Gasteiger partial charge in [0.05, 0.1) is 5.70 Å². The van der Waals surface area contributed by atoms with Crippen LogP contribution in [0.3, 0.4) is 0 Å². The number of β-lactam (4-membered cyclic amide) rings is 1. The van der Waals surface area contributed by atoms with Crippen LogP contribution < -0.4 is 10.4 Å². The molecule has 2 aromatic carbocycles. The summed E-state index contributed by atoms with van der Waals surface area (Å²) in [5.41, 5.74) is 3.49. The first-order valence-corrected chi connectivity index (χ1v) is 12.2. The van der Waals surface area contributed by atoms with Crippen LogP contribution in [0.4, 0.5) is 0 Å². The number of carbonyl (C=O) groups is 4. The molecule has 0 saturated carbocycles. The Balaban J connectivity index is 0.000000322. The van der Waals surface area contributed by atoms with E-state index in [1.807, 2.05) is 6.79 Å². The van der Waals surface area contributed by atoms with Crippen LogP contribution in [0.5, 0.6) is 5.75 Å². The lowest BCUT2D eigenvalue weighted by molar-refractivity contribution is -0.166. The van der Waals surface area contributed by atoms with Crippen LogP contribution in [0, 0.1) is 13.8 Å². The van der Waals surface area contributed by atoms with Gasteiger partial charge in [0, 0.05) is 28.8 Å². The number of nitrogens with zero attached hydrogens (tertiary/aromatic N) is 1. The maximum atomic E-state index is 12.1. The van der Waals surface area contributed by atoms with Crippen LogP contribution in [0.1, 0.15) is 11.1 Å². The lowest BCUT2D eigenvalue weighted by Gasteiger charge is -2.47. The van der Waals surface area contributed by atoms with Gasteiger partial charge in [-0.1, -0.05) is 35.4 Å². The van der Waals surface area contributed by atoms with E-state index in [0.717, 1.165) is 5.39 Å². The summed E-state index contributed by atoms with van der Waals surface area (Å²) in [6.07, 6.45) is -0.242. The zero-order valence-corrected chi connectivity index (χ0v) is 21.1. The third-order valence-corrected chi connectivity index (χ3v) is 6.90. The van der Waals surface area contributed by atoms with Crippen LogP contribution in [0.25, 0.3) is 11.0 Å². The molecule has 0 aliphatic carbocycles. The molecule has 1 fully saturated rings. The number of aryl methyl sites for hydroxylation is 2. The first kappa shape index (κ1) is 27.4. The van der Waals surface area contributed by atoms with Gasteiger partial charge in [-0.25, -0.2) is 4.79 Å². The van der Waals surface area contributed by atoms with E-state index in [1.54, 1.807) is 24.3 Å². The van der Waals surface area contributed by atoms with Gasteiger partial charge in [0.1, 0.15) is 30.1 Å². The van der Waals surface area contributed by atoms with Gasteiger partial charge in [0.15, 0.2) is 6.29 Å². The van der Waals surface area contributed by atoms with Crippen LogP contribution in [-0.4, -0.2) is 54.2 Å². The van der Waals surface area contributed by atoms with Crippen molar-refractivity contribution < 1.29 is 33.1 Å². The monoisotopic (exact) mass is 523 g/mol. The smallest absolute Gasteiger partial charge is 0.336 e. The number of hydrogen-bond acceptors (Lipinski definition) is 9. The van der Waals surface area contributed by atoms with Crippen molar-refractivity contribution in [1.82, 2.24) is 4.90 Å². The molecule has 192 valence electrons. The largest absolute Gasteiger partial charge is 0.489 e. The van der Waals surface area contributed by atoms with Crippen LogP contribution >= 0.6 is 11.8 Å². The second-order valence-electron chi connectivity index (χ2n) is 8.07. The van der Waals surface area contributed by atoms with Gasteiger partial charge >= 0.3 is 5.63 Å². The normalized spacial score (nSPS) is 17.8. The Hall–Kier alpha value is -4.18. The minimum Gasteiger partial charge on any atom is -0.489 e. The van der Waals surface area contributed by atoms with Crippen molar-refractivity contribution in [2.45, 2.75) is 25.3 Å². The molecule has 9 nitrogen and oxygen atoms in total. The van der Waals surface area contributed by atoms with E-state index in [9.17, 15) is 19.2 Å². The highest BCUT2D eigenvalue weighted by Gasteiger charge is 2.53. The highest BCUT2D eigenvalue weighted by molar-refractivity contribution is 8.00. The summed E-state index contributed by atoms with van der Waals surface area (Å²) >= 11 is 1.40. The molecule has 3 aromatic rings. The maximum Gasteiger partial charge on any atom is 0.336 e. The Labute approximate surface area is 217 Å². The van der Waals surface area contributed by atoms with E-state index in [4.69, 9.17) is 18.7 Å². The molecule has 10 heteroatoms.